The van der Waals surface area contributed by atoms with Gasteiger partial charge in [-0.3, -0.25) is 10.1 Å². The van der Waals surface area contributed by atoms with Gasteiger partial charge in [0.25, 0.3) is 6.67 Å². The van der Waals surface area contributed by atoms with E-state index < -0.39 is 0 Å². The molecule has 0 aromatic heterocycles. The zero-order valence-corrected chi connectivity index (χ0v) is 13.9. The highest BCUT2D eigenvalue weighted by Crippen LogP contribution is 2.18. The molecule has 2 heterocycles. The topological polar surface area (TPSA) is 44.1 Å². The van der Waals surface area contributed by atoms with E-state index in [2.05, 4.69) is 39.6 Å². The highest BCUT2D eigenvalue weighted by atomic mass is 16.1. The van der Waals surface area contributed by atoms with Crippen LogP contribution in [0.3, 0.4) is 0 Å². The molecule has 1 saturated heterocycles. The molecule has 1 fully saturated rings. The second-order valence-electron chi connectivity index (χ2n) is 6.90. The fourth-order valence-corrected chi connectivity index (χ4v) is 3.80. The molecule has 0 spiro atoms. The number of carbonyl (C=O) groups excluding carboxylic acids is 1. The van der Waals surface area contributed by atoms with Gasteiger partial charge in [-0.05, 0) is 16.8 Å². The Labute approximate surface area is 142 Å². The number of hydrogen-bond acceptors (Lipinski definition) is 3. The SMILES string of the molecule is O=C(C[N+]12CCC=[N+](CNCNC1)C2)c1ccc2ccccc2c1. The van der Waals surface area contributed by atoms with E-state index in [0.29, 0.717) is 6.54 Å². The van der Waals surface area contributed by atoms with Crippen molar-refractivity contribution in [2.45, 2.75) is 6.42 Å². The molecule has 2 N–H and O–H groups in total. The van der Waals surface area contributed by atoms with Crippen molar-refractivity contribution in [3.63, 3.8) is 0 Å². The Balaban J connectivity index is 1.58. The van der Waals surface area contributed by atoms with Crippen LogP contribution in [0.5, 0.6) is 0 Å². The van der Waals surface area contributed by atoms with Crippen molar-refractivity contribution >= 4 is 22.8 Å². The molecule has 5 nitrogen and oxygen atoms in total. The molecule has 0 amide bonds. The summed E-state index contributed by atoms with van der Waals surface area (Å²) in [6, 6.07) is 14.2. The van der Waals surface area contributed by atoms with Crippen LogP contribution in [0.15, 0.2) is 42.5 Å². The van der Waals surface area contributed by atoms with Gasteiger partial charge in [0.1, 0.15) is 13.2 Å². The summed E-state index contributed by atoms with van der Waals surface area (Å²) in [5, 5.41) is 9.10. The largest absolute Gasteiger partial charge is 0.288 e. The van der Waals surface area contributed by atoms with Crippen molar-refractivity contribution in [2.24, 2.45) is 0 Å². The predicted molar refractivity (Wildman–Crippen MR) is 95.0 cm³/mol. The lowest BCUT2D eigenvalue weighted by molar-refractivity contribution is -0.997. The van der Waals surface area contributed by atoms with Gasteiger partial charge in [0.2, 0.25) is 12.5 Å². The van der Waals surface area contributed by atoms with Crippen LogP contribution in [-0.4, -0.2) is 60.8 Å². The third-order valence-corrected chi connectivity index (χ3v) is 5.03. The first-order chi connectivity index (χ1) is 11.7. The van der Waals surface area contributed by atoms with Gasteiger partial charge in [-0.2, -0.15) is 4.58 Å². The first-order valence-corrected chi connectivity index (χ1v) is 8.60. The molecule has 2 aromatic rings. The number of Topliss-reactive ketones (excluding diaryl/α,β-unsaturated/α-hetero) is 1. The van der Waals surface area contributed by atoms with Crippen LogP contribution in [0.1, 0.15) is 16.8 Å². The van der Waals surface area contributed by atoms with Crippen LogP contribution in [0.25, 0.3) is 10.8 Å². The third kappa shape index (κ3) is 3.11. The fourth-order valence-electron chi connectivity index (χ4n) is 3.80. The molecule has 2 bridgehead atoms. The minimum absolute atomic E-state index is 0.234. The quantitative estimate of drug-likeness (QED) is 0.509. The number of ketones is 1. The molecule has 4 rings (SSSR count). The van der Waals surface area contributed by atoms with Crippen molar-refractivity contribution < 1.29 is 13.9 Å². The van der Waals surface area contributed by atoms with Gasteiger partial charge in [0.05, 0.1) is 19.6 Å². The zero-order chi connectivity index (χ0) is 16.4. The lowest BCUT2D eigenvalue weighted by Gasteiger charge is -2.38. The number of hydrogen-bond donors (Lipinski definition) is 2. The normalized spacial score (nSPS) is 24.1. The highest BCUT2D eigenvalue weighted by molar-refractivity contribution is 6.00. The summed E-state index contributed by atoms with van der Waals surface area (Å²) in [5.74, 6) is 0.234. The number of nitrogens with zero attached hydrogens (tertiary/aromatic N) is 2. The molecule has 2 aliphatic rings. The van der Waals surface area contributed by atoms with Crippen molar-refractivity contribution in [1.82, 2.24) is 10.6 Å². The molecule has 24 heavy (non-hydrogen) atoms. The average molecular weight is 324 g/mol. The maximum absolute atomic E-state index is 13.0. The summed E-state index contributed by atoms with van der Waals surface area (Å²) in [6.07, 6.45) is 3.28. The van der Waals surface area contributed by atoms with E-state index in [9.17, 15) is 4.79 Å². The maximum Gasteiger partial charge on any atom is 0.273 e. The lowest BCUT2D eigenvalue weighted by atomic mass is 10.0. The summed E-state index contributed by atoms with van der Waals surface area (Å²) >= 11 is 0. The first kappa shape index (κ1) is 15.4. The predicted octanol–water partition coefficient (Wildman–Crippen LogP) is 1.35. The van der Waals surface area contributed by atoms with Crippen LogP contribution in [-0.2, 0) is 0 Å². The monoisotopic (exact) mass is 324 g/mol. The Morgan fingerprint density at radius 3 is 2.92 bits per heavy atom. The van der Waals surface area contributed by atoms with Gasteiger partial charge in [-0.25, -0.2) is 9.80 Å². The summed E-state index contributed by atoms with van der Waals surface area (Å²) in [4.78, 5) is 13.0. The summed E-state index contributed by atoms with van der Waals surface area (Å²) < 4.78 is 3.10. The van der Waals surface area contributed by atoms with Crippen molar-refractivity contribution in [3.05, 3.63) is 48.0 Å². The van der Waals surface area contributed by atoms with Crippen LogP contribution < -0.4 is 10.6 Å². The van der Waals surface area contributed by atoms with Crippen LogP contribution >= 0.6 is 0 Å². The Kier molecular flexibility index (Phi) is 4.14. The fraction of sp³-hybridized carbons (Fsp3) is 0.368. The summed E-state index contributed by atoms with van der Waals surface area (Å²) in [7, 11) is 0. The number of fused-ring (bicyclic) bond motifs is 3. The molecular formula is C19H24N4O+2. The van der Waals surface area contributed by atoms with Gasteiger partial charge < -0.3 is 0 Å². The highest BCUT2D eigenvalue weighted by Gasteiger charge is 2.38. The second kappa shape index (κ2) is 6.43. The second-order valence-corrected chi connectivity index (χ2v) is 6.90. The van der Waals surface area contributed by atoms with Gasteiger partial charge in [-0.15, -0.1) is 0 Å². The van der Waals surface area contributed by atoms with Gasteiger partial charge >= 0.3 is 0 Å². The Hall–Kier alpha value is -2.08. The minimum atomic E-state index is 0.234. The number of carbonyl (C=O) groups is 1. The molecule has 124 valence electrons. The van der Waals surface area contributed by atoms with Crippen LogP contribution in [0.2, 0.25) is 0 Å². The molecule has 2 aromatic carbocycles. The Morgan fingerprint density at radius 2 is 2.00 bits per heavy atom. The minimum Gasteiger partial charge on any atom is -0.288 e. The Morgan fingerprint density at radius 1 is 1.12 bits per heavy atom. The van der Waals surface area contributed by atoms with E-state index in [-0.39, 0.29) is 5.78 Å². The lowest BCUT2D eigenvalue weighted by Crippen LogP contribution is -2.64. The Bertz CT molecular complexity index is 801. The van der Waals surface area contributed by atoms with E-state index >= 15 is 0 Å². The van der Waals surface area contributed by atoms with E-state index in [1.807, 2.05) is 24.3 Å². The molecular weight excluding hydrogens is 300 g/mol. The van der Waals surface area contributed by atoms with Crippen molar-refractivity contribution in [1.29, 1.82) is 0 Å². The number of nitrogens with one attached hydrogen (secondary N) is 2. The third-order valence-electron chi connectivity index (χ3n) is 5.03. The van der Waals surface area contributed by atoms with Gasteiger partial charge in [0.15, 0.2) is 6.21 Å². The standard InChI is InChI=1S/C19H24N4O/c24-19(18-7-6-16-4-1-2-5-17(16)10-18)11-23-9-3-8-22(15-23)13-20-12-21-14-23/h1-2,4-8,10,20-21H,3,9,11-15H2/q+2. The molecule has 0 aliphatic carbocycles. The van der Waals surface area contributed by atoms with Crippen molar-refractivity contribution in [3.8, 4) is 0 Å². The molecule has 5 heteroatoms. The van der Waals surface area contributed by atoms with E-state index in [1.165, 1.54) is 5.39 Å². The first-order valence-electron chi connectivity index (χ1n) is 8.60. The van der Waals surface area contributed by atoms with Crippen molar-refractivity contribution in [2.75, 3.05) is 39.8 Å². The molecule has 0 radical (unpaired) electrons. The summed E-state index contributed by atoms with van der Waals surface area (Å²) in [5.41, 5.74) is 0.822. The maximum atomic E-state index is 13.0. The van der Waals surface area contributed by atoms with E-state index in [0.717, 1.165) is 55.1 Å². The summed E-state index contributed by atoms with van der Waals surface area (Å²) in [6.45, 7) is 4.92. The zero-order valence-electron chi connectivity index (χ0n) is 13.9. The average Bonchev–Trinajstić information content (AvgIpc) is 2.60. The van der Waals surface area contributed by atoms with Gasteiger partial charge in [-0.1, -0.05) is 36.4 Å². The molecule has 1 unspecified atom stereocenters. The van der Waals surface area contributed by atoms with Crippen LogP contribution in [0.4, 0.5) is 0 Å². The number of quaternary nitrogens is 1. The van der Waals surface area contributed by atoms with Crippen LogP contribution in [0, 0.1) is 0 Å². The molecule has 1 atom stereocenters. The molecule has 2 aliphatic heterocycles. The smallest absolute Gasteiger partial charge is 0.273 e. The number of rotatable bonds is 3. The van der Waals surface area contributed by atoms with E-state index in [1.54, 1.807) is 0 Å². The molecule has 0 saturated carbocycles. The van der Waals surface area contributed by atoms with Gasteiger partial charge in [0, 0.05) is 5.56 Å². The van der Waals surface area contributed by atoms with E-state index in [4.69, 9.17) is 0 Å². The number of benzene rings is 2.